The van der Waals surface area contributed by atoms with Crippen LogP contribution in [0.2, 0.25) is 0 Å². The SMILES string of the molecule is COc1c(C)cc(C(Cl)c2cc(C)cc(Br)c2)cc1C. The second-order valence-electron chi connectivity index (χ2n) is 5.11. The fourth-order valence-corrected chi connectivity index (χ4v) is 3.43. The van der Waals surface area contributed by atoms with Crippen LogP contribution < -0.4 is 4.74 Å². The molecule has 20 heavy (non-hydrogen) atoms. The van der Waals surface area contributed by atoms with Crippen molar-refractivity contribution in [3.05, 3.63) is 62.6 Å². The molecule has 1 nitrogen and oxygen atoms in total. The standard InChI is InChI=1S/C17H18BrClO/c1-10-5-13(9-15(18)6-10)16(19)14-7-11(2)17(20-4)12(3)8-14/h5-9,16H,1-4H3. The van der Waals surface area contributed by atoms with E-state index in [1.807, 2.05) is 13.8 Å². The highest BCUT2D eigenvalue weighted by Gasteiger charge is 2.15. The molecule has 0 aliphatic rings. The number of alkyl halides is 1. The zero-order valence-electron chi connectivity index (χ0n) is 12.1. The molecule has 0 amide bonds. The van der Waals surface area contributed by atoms with Crippen LogP contribution in [0.1, 0.15) is 33.2 Å². The van der Waals surface area contributed by atoms with Gasteiger partial charge in [0.1, 0.15) is 5.75 Å². The quantitative estimate of drug-likeness (QED) is 0.642. The molecule has 3 heteroatoms. The van der Waals surface area contributed by atoms with Gasteiger partial charge < -0.3 is 4.74 Å². The second kappa shape index (κ2) is 6.19. The van der Waals surface area contributed by atoms with Crippen molar-refractivity contribution in [2.75, 3.05) is 7.11 Å². The molecule has 0 aromatic heterocycles. The van der Waals surface area contributed by atoms with Gasteiger partial charge in [-0.2, -0.15) is 0 Å². The van der Waals surface area contributed by atoms with Crippen LogP contribution in [0.4, 0.5) is 0 Å². The Labute approximate surface area is 134 Å². The Morgan fingerprint density at radius 1 is 0.950 bits per heavy atom. The molecule has 0 aliphatic carbocycles. The van der Waals surface area contributed by atoms with E-state index in [-0.39, 0.29) is 5.38 Å². The monoisotopic (exact) mass is 352 g/mol. The predicted octanol–water partition coefficient (Wildman–Crippen LogP) is 5.71. The van der Waals surface area contributed by atoms with Crippen molar-refractivity contribution in [1.29, 1.82) is 0 Å². The number of aryl methyl sites for hydroxylation is 3. The highest BCUT2D eigenvalue weighted by Crippen LogP contribution is 2.35. The first-order chi connectivity index (χ1) is 9.42. The van der Waals surface area contributed by atoms with Crippen LogP contribution in [-0.2, 0) is 0 Å². The van der Waals surface area contributed by atoms with Gasteiger partial charge in [0.05, 0.1) is 12.5 Å². The van der Waals surface area contributed by atoms with Crippen molar-refractivity contribution < 1.29 is 4.74 Å². The average molecular weight is 354 g/mol. The van der Waals surface area contributed by atoms with Crippen LogP contribution in [0.3, 0.4) is 0 Å². The fourth-order valence-electron chi connectivity index (χ4n) is 2.56. The topological polar surface area (TPSA) is 9.23 Å². The number of halogens is 2. The fraction of sp³-hybridized carbons (Fsp3) is 0.294. The largest absolute Gasteiger partial charge is 0.496 e. The number of ether oxygens (including phenoxy) is 1. The molecule has 2 aromatic carbocycles. The van der Waals surface area contributed by atoms with Crippen molar-refractivity contribution in [3.63, 3.8) is 0 Å². The molecule has 0 fully saturated rings. The molecule has 1 atom stereocenters. The maximum Gasteiger partial charge on any atom is 0.124 e. The Kier molecular flexibility index (Phi) is 4.77. The summed E-state index contributed by atoms with van der Waals surface area (Å²) in [7, 11) is 1.70. The minimum Gasteiger partial charge on any atom is -0.496 e. The maximum absolute atomic E-state index is 6.65. The van der Waals surface area contributed by atoms with E-state index in [0.717, 1.165) is 32.5 Å². The van der Waals surface area contributed by atoms with Gasteiger partial charge in [-0.05, 0) is 60.7 Å². The van der Waals surface area contributed by atoms with Crippen LogP contribution in [-0.4, -0.2) is 7.11 Å². The second-order valence-corrected chi connectivity index (χ2v) is 6.46. The van der Waals surface area contributed by atoms with Crippen LogP contribution >= 0.6 is 27.5 Å². The van der Waals surface area contributed by atoms with Crippen molar-refractivity contribution in [3.8, 4) is 5.75 Å². The lowest BCUT2D eigenvalue weighted by Gasteiger charge is -2.16. The Morgan fingerprint density at radius 3 is 2.00 bits per heavy atom. The Bertz CT molecular complexity index is 594. The van der Waals surface area contributed by atoms with E-state index < -0.39 is 0 Å². The number of benzene rings is 2. The summed E-state index contributed by atoms with van der Waals surface area (Å²) in [5, 5.41) is -0.158. The Morgan fingerprint density at radius 2 is 1.50 bits per heavy atom. The summed E-state index contributed by atoms with van der Waals surface area (Å²) in [6.45, 7) is 6.17. The molecule has 0 saturated carbocycles. The minimum absolute atomic E-state index is 0.158. The summed E-state index contributed by atoms with van der Waals surface area (Å²) < 4.78 is 6.46. The summed E-state index contributed by atoms with van der Waals surface area (Å²) in [5.41, 5.74) is 5.61. The first-order valence-electron chi connectivity index (χ1n) is 6.48. The molecule has 0 N–H and O–H groups in total. The molecule has 0 spiro atoms. The molecule has 106 valence electrons. The molecule has 2 aromatic rings. The molecular weight excluding hydrogens is 336 g/mol. The smallest absolute Gasteiger partial charge is 0.124 e. The van der Waals surface area contributed by atoms with Crippen molar-refractivity contribution in [1.82, 2.24) is 0 Å². The molecule has 0 saturated heterocycles. The van der Waals surface area contributed by atoms with E-state index in [0.29, 0.717) is 0 Å². The van der Waals surface area contributed by atoms with Gasteiger partial charge in [-0.25, -0.2) is 0 Å². The maximum atomic E-state index is 6.65. The molecule has 0 bridgehead atoms. The Balaban J connectivity index is 2.45. The van der Waals surface area contributed by atoms with Crippen LogP contribution in [0.25, 0.3) is 0 Å². The van der Waals surface area contributed by atoms with E-state index in [4.69, 9.17) is 16.3 Å². The summed E-state index contributed by atoms with van der Waals surface area (Å²) in [5.74, 6) is 0.933. The molecule has 0 aliphatic heterocycles. The van der Waals surface area contributed by atoms with Crippen LogP contribution in [0.15, 0.2) is 34.8 Å². The van der Waals surface area contributed by atoms with E-state index in [9.17, 15) is 0 Å². The normalized spacial score (nSPS) is 12.3. The third-order valence-electron chi connectivity index (χ3n) is 3.34. The third kappa shape index (κ3) is 3.18. The van der Waals surface area contributed by atoms with Gasteiger partial charge in [0.15, 0.2) is 0 Å². The first kappa shape index (κ1) is 15.4. The van der Waals surface area contributed by atoms with Crippen LogP contribution in [0.5, 0.6) is 5.75 Å². The third-order valence-corrected chi connectivity index (χ3v) is 4.30. The van der Waals surface area contributed by atoms with Gasteiger partial charge in [0.2, 0.25) is 0 Å². The van der Waals surface area contributed by atoms with Crippen molar-refractivity contribution >= 4 is 27.5 Å². The molecule has 1 unspecified atom stereocenters. The summed E-state index contributed by atoms with van der Waals surface area (Å²) in [4.78, 5) is 0. The van der Waals surface area contributed by atoms with Gasteiger partial charge in [-0.15, -0.1) is 11.6 Å². The highest BCUT2D eigenvalue weighted by atomic mass is 79.9. The molecular formula is C17H18BrClO. The van der Waals surface area contributed by atoms with Crippen molar-refractivity contribution in [2.24, 2.45) is 0 Å². The molecule has 0 heterocycles. The average Bonchev–Trinajstić information content (AvgIpc) is 2.36. The predicted molar refractivity (Wildman–Crippen MR) is 89.0 cm³/mol. The lowest BCUT2D eigenvalue weighted by atomic mass is 9.98. The summed E-state index contributed by atoms with van der Waals surface area (Å²) in [6, 6.07) is 10.5. The Hall–Kier alpha value is -0.990. The first-order valence-corrected chi connectivity index (χ1v) is 7.71. The van der Waals surface area contributed by atoms with Gasteiger partial charge in [-0.3, -0.25) is 0 Å². The minimum atomic E-state index is -0.158. The number of hydrogen-bond donors (Lipinski definition) is 0. The zero-order chi connectivity index (χ0) is 14.9. The van der Waals surface area contributed by atoms with E-state index >= 15 is 0 Å². The zero-order valence-corrected chi connectivity index (χ0v) is 14.5. The number of methoxy groups -OCH3 is 1. The van der Waals surface area contributed by atoms with Gasteiger partial charge in [0.25, 0.3) is 0 Å². The lowest BCUT2D eigenvalue weighted by Crippen LogP contribution is -1.98. The van der Waals surface area contributed by atoms with Crippen molar-refractivity contribution in [2.45, 2.75) is 26.1 Å². The summed E-state index contributed by atoms with van der Waals surface area (Å²) in [6.07, 6.45) is 0. The van der Waals surface area contributed by atoms with Crippen LogP contribution in [0, 0.1) is 20.8 Å². The van der Waals surface area contributed by atoms with Gasteiger partial charge in [0, 0.05) is 4.47 Å². The number of rotatable bonds is 3. The van der Waals surface area contributed by atoms with Gasteiger partial charge in [-0.1, -0.05) is 34.1 Å². The lowest BCUT2D eigenvalue weighted by molar-refractivity contribution is 0.408. The molecule has 2 rings (SSSR count). The highest BCUT2D eigenvalue weighted by molar-refractivity contribution is 9.10. The van der Waals surface area contributed by atoms with E-state index in [1.165, 1.54) is 5.56 Å². The van der Waals surface area contributed by atoms with E-state index in [1.54, 1.807) is 7.11 Å². The summed E-state index contributed by atoms with van der Waals surface area (Å²) >= 11 is 10.2. The molecule has 0 radical (unpaired) electrons. The van der Waals surface area contributed by atoms with Gasteiger partial charge >= 0.3 is 0 Å². The van der Waals surface area contributed by atoms with E-state index in [2.05, 4.69) is 53.2 Å². The number of hydrogen-bond acceptors (Lipinski definition) is 1.